The molecule has 2 heteroatoms. The van der Waals surface area contributed by atoms with E-state index in [1.54, 1.807) is 0 Å². The van der Waals surface area contributed by atoms with Crippen LogP contribution >= 0.6 is 11.8 Å². The first-order chi connectivity index (χ1) is 9.13. The monoisotopic (exact) mass is 277 g/mol. The second-order valence-electron chi connectivity index (χ2n) is 6.26. The number of thioether (sulfide) groups is 1. The van der Waals surface area contributed by atoms with Gasteiger partial charge in [-0.2, -0.15) is 11.8 Å². The highest BCUT2D eigenvalue weighted by Gasteiger charge is 2.35. The SMILES string of the molecule is CSC1(CNCc2ccc(CC(C)C)cc2)CCC1. The fraction of sp³-hybridized carbons (Fsp3) is 0.647. The van der Waals surface area contributed by atoms with Crippen molar-refractivity contribution in [1.82, 2.24) is 5.32 Å². The van der Waals surface area contributed by atoms with Crippen molar-refractivity contribution in [2.45, 2.75) is 50.8 Å². The molecular formula is C17H27NS. The van der Waals surface area contributed by atoms with Gasteiger partial charge in [0.15, 0.2) is 0 Å². The van der Waals surface area contributed by atoms with Gasteiger partial charge in [-0.15, -0.1) is 0 Å². The Kier molecular flexibility index (Phi) is 5.35. The number of nitrogens with one attached hydrogen (secondary N) is 1. The van der Waals surface area contributed by atoms with Crippen LogP contribution in [0, 0.1) is 5.92 Å². The topological polar surface area (TPSA) is 12.0 Å². The number of hydrogen-bond donors (Lipinski definition) is 1. The van der Waals surface area contributed by atoms with Crippen LogP contribution in [0.15, 0.2) is 24.3 Å². The minimum absolute atomic E-state index is 0.539. The second kappa shape index (κ2) is 6.81. The summed E-state index contributed by atoms with van der Waals surface area (Å²) in [6.45, 7) is 6.71. The molecule has 1 aromatic rings. The minimum atomic E-state index is 0.539. The Hall–Kier alpha value is -0.470. The molecule has 1 aliphatic carbocycles. The van der Waals surface area contributed by atoms with Gasteiger partial charge in [-0.3, -0.25) is 0 Å². The molecule has 0 amide bonds. The van der Waals surface area contributed by atoms with Crippen LogP contribution in [0.3, 0.4) is 0 Å². The molecule has 1 fully saturated rings. The van der Waals surface area contributed by atoms with Gasteiger partial charge in [0.1, 0.15) is 0 Å². The molecule has 19 heavy (non-hydrogen) atoms. The van der Waals surface area contributed by atoms with Crippen LogP contribution < -0.4 is 5.32 Å². The van der Waals surface area contributed by atoms with E-state index in [9.17, 15) is 0 Å². The molecule has 0 saturated heterocycles. The predicted octanol–water partition coefficient (Wildman–Crippen LogP) is 4.26. The summed E-state index contributed by atoms with van der Waals surface area (Å²) in [5.74, 6) is 0.740. The van der Waals surface area contributed by atoms with E-state index in [1.165, 1.54) is 36.8 Å². The molecule has 0 aliphatic heterocycles. The summed E-state index contributed by atoms with van der Waals surface area (Å²) in [4.78, 5) is 0. The normalized spacial score (nSPS) is 17.5. The highest BCUT2D eigenvalue weighted by Crippen LogP contribution is 2.42. The molecule has 1 saturated carbocycles. The molecule has 0 radical (unpaired) electrons. The van der Waals surface area contributed by atoms with E-state index >= 15 is 0 Å². The lowest BCUT2D eigenvalue weighted by molar-refractivity contribution is 0.345. The van der Waals surface area contributed by atoms with Crippen LogP contribution in [-0.2, 0) is 13.0 Å². The Morgan fingerprint density at radius 1 is 1.16 bits per heavy atom. The van der Waals surface area contributed by atoms with Gasteiger partial charge in [0.2, 0.25) is 0 Å². The van der Waals surface area contributed by atoms with E-state index in [4.69, 9.17) is 0 Å². The van der Waals surface area contributed by atoms with Gasteiger partial charge < -0.3 is 5.32 Å². The first-order valence-electron chi connectivity index (χ1n) is 7.47. The van der Waals surface area contributed by atoms with Gasteiger partial charge in [-0.25, -0.2) is 0 Å². The molecule has 1 N–H and O–H groups in total. The lowest BCUT2D eigenvalue weighted by Crippen LogP contribution is -2.43. The van der Waals surface area contributed by atoms with Gasteiger partial charge in [0.05, 0.1) is 0 Å². The molecule has 0 atom stereocenters. The first kappa shape index (κ1) is 14.9. The number of benzene rings is 1. The third-order valence-electron chi connectivity index (χ3n) is 4.14. The smallest absolute Gasteiger partial charge is 0.0281 e. The molecule has 1 aliphatic rings. The maximum atomic E-state index is 3.63. The van der Waals surface area contributed by atoms with E-state index < -0.39 is 0 Å². The Morgan fingerprint density at radius 3 is 2.26 bits per heavy atom. The van der Waals surface area contributed by atoms with E-state index in [0.29, 0.717) is 4.75 Å². The molecule has 0 heterocycles. The van der Waals surface area contributed by atoms with Gasteiger partial charge >= 0.3 is 0 Å². The predicted molar refractivity (Wildman–Crippen MR) is 86.8 cm³/mol. The fourth-order valence-corrected chi connectivity index (χ4v) is 3.67. The Bertz CT molecular complexity index is 373. The average molecular weight is 277 g/mol. The largest absolute Gasteiger partial charge is 0.311 e. The van der Waals surface area contributed by atoms with Crippen molar-refractivity contribution in [2.24, 2.45) is 5.92 Å². The van der Waals surface area contributed by atoms with Crippen molar-refractivity contribution >= 4 is 11.8 Å². The standard InChI is InChI=1S/C17H27NS/c1-14(2)11-15-5-7-16(8-6-15)12-18-13-17(19-3)9-4-10-17/h5-8,14,18H,4,9-13H2,1-3H3. The summed E-state index contributed by atoms with van der Waals surface area (Å²) in [7, 11) is 0. The van der Waals surface area contributed by atoms with Gasteiger partial charge in [0, 0.05) is 17.8 Å². The molecule has 0 spiro atoms. The van der Waals surface area contributed by atoms with Crippen molar-refractivity contribution in [3.05, 3.63) is 35.4 Å². The maximum absolute atomic E-state index is 3.63. The Balaban J connectivity index is 1.76. The molecule has 0 aromatic heterocycles. The molecule has 0 bridgehead atoms. The van der Waals surface area contributed by atoms with Crippen molar-refractivity contribution in [2.75, 3.05) is 12.8 Å². The summed E-state index contributed by atoms with van der Waals surface area (Å²) in [5, 5.41) is 3.63. The Morgan fingerprint density at radius 2 is 1.79 bits per heavy atom. The van der Waals surface area contributed by atoms with Crippen LogP contribution in [0.25, 0.3) is 0 Å². The van der Waals surface area contributed by atoms with E-state index in [-0.39, 0.29) is 0 Å². The van der Waals surface area contributed by atoms with Crippen LogP contribution in [-0.4, -0.2) is 17.5 Å². The van der Waals surface area contributed by atoms with Crippen LogP contribution in [0.1, 0.15) is 44.2 Å². The molecule has 1 nitrogen and oxygen atoms in total. The van der Waals surface area contributed by atoms with E-state index in [2.05, 4.69) is 49.7 Å². The maximum Gasteiger partial charge on any atom is 0.0281 e. The quantitative estimate of drug-likeness (QED) is 0.799. The second-order valence-corrected chi connectivity index (χ2v) is 7.53. The zero-order valence-corrected chi connectivity index (χ0v) is 13.4. The van der Waals surface area contributed by atoms with Crippen LogP contribution in [0.5, 0.6) is 0 Å². The lowest BCUT2D eigenvalue weighted by Gasteiger charge is -2.40. The molecule has 1 aromatic carbocycles. The fourth-order valence-electron chi connectivity index (χ4n) is 2.72. The van der Waals surface area contributed by atoms with E-state index in [1.807, 2.05) is 11.8 Å². The molecular weight excluding hydrogens is 250 g/mol. The van der Waals surface area contributed by atoms with Gasteiger partial charge in [0.25, 0.3) is 0 Å². The highest BCUT2D eigenvalue weighted by atomic mass is 32.2. The van der Waals surface area contributed by atoms with Crippen LogP contribution in [0.2, 0.25) is 0 Å². The number of rotatable bonds is 7. The molecule has 0 unspecified atom stereocenters. The van der Waals surface area contributed by atoms with Crippen molar-refractivity contribution < 1.29 is 0 Å². The number of hydrogen-bond acceptors (Lipinski definition) is 2. The third kappa shape index (κ3) is 4.25. The van der Waals surface area contributed by atoms with Crippen molar-refractivity contribution in [3.63, 3.8) is 0 Å². The third-order valence-corrected chi connectivity index (χ3v) is 5.56. The summed E-state index contributed by atoms with van der Waals surface area (Å²) < 4.78 is 0.539. The highest BCUT2D eigenvalue weighted by molar-refractivity contribution is 8.00. The lowest BCUT2D eigenvalue weighted by atomic mass is 9.84. The summed E-state index contributed by atoms with van der Waals surface area (Å²) in [6, 6.07) is 9.11. The van der Waals surface area contributed by atoms with Crippen molar-refractivity contribution in [3.8, 4) is 0 Å². The summed E-state index contributed by atoms with van der Waals surface area (Å²) >= 11 is 2.04. The zero-order valence-electron chi connectivity index (χ0n) is 12.5. The summed E-state index contributed by atoms with van der Waals surface area (Å²) in [5.41, 5.74) is 2.86. The van der Waals surface area contributed by atoms with Gasteiger partial charge in [-0.05, 0) is 42.6 Å². The van der Waals surface area contributed by atoms with Crippen molar-refractivity contribution in [1.29, 1.82) is 0 Å². The molecule has 106 valence electrons. The first-order valence-corrected chi connectivity index (χ1v) is 8.70. The molecule has 2 rings (SSSR count). The van der Waals surface area contributed by atoms with Gasteiger partial charge in [-0.1, -0.05) is 44.5 Å². The summed E-state index contributed by atoms with van der Waals surface area (Å²) in [6.07, 6.45) is 7.61. The zero-order chi connectivity index (χ0) is 13.7. The van der Waals surface area contributed by atoms with E-state index in [0.717, 1.165) is 19.0 Å². The Labute approximate surface area is 122 Å². The van der Waals surface area contributed by atoms with Crippen LogP contribution in [0.4, 0.5) is 0 Å². The average Bonchev–Trinajstić information content (AvgIpc) is 2.34. The minimum Gasteiger partial charge on any atom is -0.311 e.